The van der Waals surface area contributed by atoms with Gasteiger partial charge in [0, 0.05) is 24.2 Å². The normalized spacial score (nSPS) is 13.8. The van der Waals surface area contributed by atoms with Gasteiger partial charge in [-0.25, -0.2) is 18.3 Å². The molecule has 10 heteroatoms. The van der Waals surface area contributed by atoms with Crippen molar-refractivity contribution in [2.75, 3.05) is 5.32 Å². The van der Waals surface area contributed by atoms with Gasteiger partial charge in [0.1, 0.15) is 17.2 Å². The molecule has 0 aliphatic heterocycles. The van der Waals surface area contributed by atoms with Gasteiger partial charge < -0.3 is 10.1 Å². The fraction of sp³-hybridized carbons (Fsp3) is 0.364. The molecule has 1 saturated carbocycles. The second kappa shape index (κ2) is 8.18. The second-order valence-electron chi connectivity index (χ2n) is 8.77. The molecule has 2 heterocycles. The molecule has 0 atom stereocenters. The van der Waals surface area contributed by atoms with Crippen LogP contribution in [-0.4, -0.2) is 37.2 Å². The average molecular weight is 443 g/mol. The van der Waals surface area contributed by atoms with Crippen molar-refractivity contribution in [1.82, 2.24) is 19.6 Å². The molecule has 1 N–H and O–H groups in total. The van der Waals surface area contributed by atoms with Crippen LogP contribution in [0.25, 0.3) is 5.69 Å². The molecule has 2 aromatic heterocycles. The maximum absolute atomic E-state index is 13.4. The van der Waals surface area contributed by atoms with Gasteiger partial charge in [-0.3, -0.25) is 4.79 Å². The van der Waals surface area contributed by atoms with E-state index in [1.807, 2.05) is 0 Å². The third kappa shape index (κ3) is 5.19. The van der Waals surface area contributed by atoms with Crippen LogP contribution in [0.5, 0.6) is 0 Å². The number of amides is 1. The molecule has 0 spiro atoms. The SMILES string of the molecule is CC(C)(C)OC(=O)n1nc(NC(=O)Cc2cnn(-c3cc(F)cc(F)c3)c2)cc1C1CC1. The van der Waals surface area contributed by atoms with Crippen LogP contribution in [0.15, 0.2) is 36.7 Å². The molecule has 0 saturated heterocycles. The highest BCUT2D eigenvalue weighted by Gasteiger charge is 2.32. The Morgan fingerprint density at radius 1 is 1.16 bits per heavy atom. The molecule has 0 radical (unpaired) electrons. The van der Waals surface area contributed by atoms with E-state index in [2.05, 4.69) is 15.5 Å². The van der Waals surface area contributed by atoms with Gasteiger partial charge in [-0.2, -0.15) is 9.78 Å². The molecule has 3 aromatic rings. The number of nitrogens with one attached hydrogen (secondary N) is 1. The summed E-state index contributed by atoms with van der Waals surface area (Å²) in [4.78, 5) is 25.0. The van der Waals surface area contributed by atoms with Gasteiger partial charge in [0.05, 0.1) is 24.0 Å². The molecule has 1 aliphatic rings. The largest absolute Gasteiger partial charge is 0.442 e. The van der Waals surface area contributed by atoms with E-state index in [-0.39, 0.29) is 29.8 Å². The van der Waals surface area contributed by atoms with E-state index in [4.69, 9.17) is 4.74 Å². The zero-order valence-electron chi connectivity index (χ0n) is 17.9. The van der Waals surface area contributed by atoms with Crippen molar-refractivity contribution in [3.63, 3.8) is 0 Å². The number of hydrogen-bond donors (Lipinski definition) is 1. The van der Waals surface area contributed by atoms with Crippen molar-refractivity contribution in [2.24, 2.45) is 0 Å². The fourth-order valence-electron chi connectivity index (χ4n) is 3.21. The van der Waals surface area contributed by atoms with E-state index in [0.29, 0.717) is 11.3 Å². The van der Waals surface area contributed by atoms with Gasteiger partial charge >= 0.3 is 6.09 Å². The summed E-state index contributed by atoms with van der Waals surface area (Å²) in [6.45, 7) is 5.31. The Kier molecular flexibility index (Phi) is 5.53. The molecule has 1 aromatic carbocycles. The van der Waals surface area contributed by atoms with Crippen LogP contribution in [-0.2, 0) is 16.0 Å². The summed E-state index contributed by atoms with van der Waals surface area (Å²) in [6.07, 6.45) is 4.22. The summed E-state index contributed by atoms with van der Waals surface area (Å²) >= 11 is 0. The minimum Gasteiger partial charge on any atom is -0.442 e. The van der Waals surface area contributed by atoms with Gasteiger partial charge in [-0.15, -0.1) is 5.10 Å². The van der Waals surface area contributed by atoms with Crippen LogP contribution >= 0.6 is 0 Å². The summed E-state index contributed by atoms with van der Waals surface area (Å²) in [6, 6.07) is 4.73. The first-order valence-corrected chi connectivity index (χ1v) is 10.2. The number of carbonyl (C=O) groups excluding carboxylic acids is 2. The number of halogens is 2. The van der Waals surface area contributed by atoms with E-state index in [0.717, 1.165) is 31.0 Å². The monoisotopic (exact) mass is 443 g/mol. The summed E-state index contributed by atoms with van der Waals surface area (Å²) < 4.78 is 34.8. The van der Waals surface area contributed by atoms with Crippen LogP contribution in [0.3, 0.4) is 0 Å². The van der Waals surface area contributed by atoms with Crippen molar-refractivity contribution in [2.45, 2.75) is 51.6 Å². The Balaban J connectivity index is 1.45. The van der Waals surface area contributed by atoms with Gasteiger partial charge in [0.2, 0.25) is 5.91 Å². The number of ether oxygens (including phenoxy) is 1. The lowest BCUT2D eigenvalue weighted by molar-refractivity contribution is -0.115. The Hall–Kier alpha value is -3.56. The number of benzene rings is 1. The summed E-state index contributed by atoms with van der Waals surface area (Å²) in [5.74, 6) is -1.34. The molecule has 168 valence electrons. The molecule has 0 unspecified atom stereocenters. The fourth-order valence-corrected chi connectivity index (χ4v) is 3.21. The predicted octanol–water partition coefficient (Wildman–Crippen LogP) is 4.19. The van der Waals surface area contributed by atoms with Crippen LogP contribution < -0.4 is 5.32 Å². The van der Waals surface area contributed by atoms with Gasteiger partial charge in [-0.05, 0) is 51.3 Å². The summed E-state index contributed by atoms with van der Waals surface area (Å²) in [5.41, 5.74) is 0.786. The minimum atomic E-state index is -0.721. The number of rotatable bonds is 5. The third-order valence-electron chi connectivity index (χ3n) is 4.68. The lowest BCUT2D eigenvalue weighted by Crippen LogP contribution is -2.28. The van der Waals surface area contributed by atoms with Crippen LogP contribution in [0.4, 0.5) is 19.4 Å². The molecular weight excluding hydrogens is 420 g/mol. The summed E-state index contributed by atoms with van der Waals surface area (Å²) in [7, 11) is 0. The van der Waals surface area contributed by atoms with E-state index in [1.165, 1.54) is 21.8 Å². The molecule has 1 aliphatic carbocycles. The molecular formula is C22H23F2N5O3. The van der Waals surface area contributed by atoms with Crippen molar-refractivity contribution < 1.29 is 23.1 Å². The Bertz CT molecular complexity index is 1150. The number of nitrogens with zero attached hydrogens (tertiary/aromatic N) is 4. The number of aromatic nitrogens is 4. The van der Waals surface area contributed by atoms with Crippen molar-refractivity contribution >= 4 is 17.8 Å². The van der Waals surface area contributed by atoms with Crippen LogP contribution in [0.2, 0.25) is 0 Å². The predicted molar refractivity (Wildman–Crippen MR) is 112 cm³/mol. The first-order valence-electron chi connectivity index (χ1n) is 10.2. The van der Waals surface area contributed by atoms with Crippen LogP contribution in [0, 0.1) is 11.6 Å². The zero-order valence-corrected chi connectivity index (χ0v) is 17.9. The van der Waals surface area contributed by atoms with Crippen molar-refractivity contribution in [3.8, 4) is 5.69 Å². The lowest BCUT2D eigenvalue weighted by Gasteiger charge is -2.19. The van der Waals surface area contributed by atoms with E-state index >= 15 is 0 Å². The van der Waals surface area contributed by atoms with Crippen molar-refractivity contribution in [3.05, 3.63) is 59.6 Å². The highest BCUT2D eigenvalue weighted by Crippen LogP contribution is 2.41. The highest BCUT2D eigenvalue weighted by atomic mass is 19.1. The quantitative estimate of drug-likeness (QED) is 0.639. The zero-order chi connectivity index (χ0) is 23.0. The number of hydrogen-bond acceptors (Lipinski definition) is 5. The van der Waals surface area contributed by atoms with Crippen molar-refractivity contribution in [1.29, 1.82) is 0 Å². The highest BCUT2D eigenvalue weighted by molar-refractivity contribution is 5.91. The Morgan fingerprint density at radius 3 is 2.47 bits per heavy atom. The van der Waals surface area contributed by atoms with E-state index in [9.17, 15) is 18.4 Å². The first-order chi connectivity index (χ1) is 15.1. The smallest absolute Gasteiger partial charge is 0.435 e. The Morgan fingerprint density at radius 2 is 1.84 bits per heavy atom. The number of carbonyl (C=O) groups is 2. The average Bonchev–Trinajstić information content (AvgIpc) is 3.26. The molecule has 1 amide bonds. The summed E-state index contributed by atoms with van der Waals surface area (Å²) in [5, 5.41) is 11.0. The maximum atomic E-state index is 13.4. The maximum Gasteiger partial charge on any atom is 0.435 e. The molecule has 32 heavy (non-hydrogen) atoms. The molecule has 0 bridgehead atoms. The number of anilines is 1. The van der Waals surface area contributed by atoms with E-state index in [1.54, 1.807) is 26.8 Å². The topological polar surface area (TPSA) is 91.0 Å². The van der Waals surface area contributed by atoms with Gasteiger partial charge in [0.15, 0.2) is 5.82 Å². The lowest BCUT2D eigenvalue weighted by atomic mass is 10.2. The molecule has 4 rings (SSSR count). The third-order valence-corrected chi connectivity index (χ3v) is 4.68. The molecule has 8 nitrogen and oxygen atoms in total. The first kappa shape index (κ1) is 21.7. The van der Waals surface area contributed by atoms with Gasteiger partial charge in [0.25, 0.3) is 0 Å². The van der Waals surface area contributed by atoms with Gasteiger partial charge in [-0.1, -0.05) is 0 Å². The minimum absolute atomic E-state index is 0.0319. The van der Waals surface area contributed by atoms with E-state index < -0.39 is 23.3 Å². The van der Waals surface area contributed by atoms with Crippen LogP contribution in [0.1, 0.15) is 50.8 Å². The standard InChI is InChI=1S/C22H23F2N5O3/c1-22(2,3)32-21(31)29-18(14-4-5-14)10-19(27-29)26-20(30)6-13-11-25-28(12-13)17-8-15(23)7-16(24)9-17/h7-12,14H,4-6H2,1-3H3,(H,26,27,30). The second-order valence-corrected chi connectivity index (χ2v) is 8.77. The Labute approximate surface area is 183 Å². The molecule has 1 fully saturated rings.